The van der Waals surface area contributed by atoms with Gasteiger partial charge in [0, 0.05) is 23.5 Å². The fraction of sp³-hybridized carbons (Fsp3) is 0.300. The van der Waals surface area contributed by atoms with E-state index < -0.39 is 0 Å². The number of nitrogens with zero attached hydrogens (tertiary/aromatic N) is 4. The van der Waals surface area contributed by atoms with Gasteiger partial charge < -0.3 is 0 Å². The molecule has 1 aliphatic heterocycles. The number of ketones is 2. The highest BCUT2D eigenvalue weighted by atomic mass is 16.2. The number of aromatic nitrogens is 2. The topological polar surface area (TPSA) is 66.4 Å². The number of para-hydroxylation sites is 2. The molecule has 0 N–H and O–H groups in total. The maximum absolute atomic E-state index is 13.6. The Morgan fingerprint density at radius 1 is 0.596 bits per heavy atom. The van der Waals surface area contributed by atoms with Gasteiger partial charge in [0.15, 0.2) is 23.2 Å². The first-order valence-corrected chi connectivity index (χ1v) is 16.5. The van der Waals surface area contributed by atoms with Gasteiger partial charge in [-0.3, -0.25) is 19.4 Å². The van der Waals surface area contributed by atoms with Crippen molar-refractivity contribution in [1.82, 2.24) is 9.97 Å². The minimum atomic E-state index is -0.324. The quantitative estimate of drug-likeness (QED) is 0.117. The molecule has 6 nitrogen and oxygen atoms in total. The Hall–Kier alpha value is -4.78. The van der Waals surface area contributed by atoms with Gasteiger partial charge in [0.25, 0.3) is 0 Å². The molecule has 3 aromatic carbocycles. The van der Waals surface area contributed by atoms with Gasteiger partial charge in [0.05, 0.1) is 16.9 Å². The summed E-state index contributed by atoms with van der Waals surface area (Å²) in [6.45, 7) is 17.6. The van der Waals surface area contributed by atoms with Crippen molar-refractivity contribution in [3.8, 4) is 0 Å². The third-order valence-electron chi connectivity index (χ3n) is 9.10. The van der Waals surface area contributed by atoms with Gasteiger partial charge >= 0.3 is 0 Å². The van der Waals surface area contributed by atoms with E-state index in [4.69, 9.17) is 17.8 Å². The molecule has 0 spiro atoms. The van der Waals surface area contributed by atoms with Crippen LogP contribution in [0.2, 0.25) is 0 Å². The third-order valence-corrected chi connectivity index (χ3v) is 9.10. The van der Waals surface area contributed by atoms with Crippen LogP contribution in [0.4, 0.5) is 23.0 Å². The number of allylic oxidation sites excluding steroid dienone is 3. The van der Waals surface area contributed by atoms with E-state index in [1.54, 1.807) is 36.7 Å². The van der Waals surface area contributed by atoms with Crippen molar-refractivity contribution < 1.29 is 9.59 Å². The number of anilines is 4. The van der Waals surface area contributed by atoms with Crippen molar-refractivity contribution in [1.29, 1.82) is 0 Å². The van der Waals surface area contributed by atoms with Crippen molar-refractivity contribution in [3.63, 3.8) is 0 Å². The molecule has 4 aromatic rings. The summed E-state index contributed by atoms with van der Waals surface area (Å²) in [4.78, 5) is 41.5. The lowest BCUT2D eigenvalue weighted by molar-refractivity contribution is 0.0988. The molecule has 1 aromatic heterocycles. The average Bonchev–Trinajstić information content (AvgIpc) is 3.48. The zero-order chi connectivity index (χ0) is 33.7. The predicted molar refractivity (Wildman–Crippen MR) is 192 cm³/mol. The lowest BCUT2D eigenvalue weighted by Crippen LogP contribution is -2.26. The number of carbonyl (C=O) groups excluding carboxylic acids is 2. The minimum absolute atomic E-state index is 0.109. The van der Waals surface area contributed by atoms with E-state index in [2.05, 4.69) is 102 Å². The van der Waals surface area contributed by atoms with E-state index in [-0.39, 0.29) is 40.8 Å². The Kier molecular flexibility index (Phi) is 8.52. The second kappa shape index (κ2) is 12.4. The van der Waals surface area contributed by atoms with Gasteiger partial charge in [-0.2, -0.15) is 0 Å². The van der Waals surface area contributed by atoms with Gasteiger partial charge in [0.1, 0.15) is 13.7 Å². The highest BCUT2D eigenvalue weighted by Gasteiger charge is 2.41. The summed E-state index contributed by atoms with van der Waals surface area (Å²) in [5, 5.41) is 0. The molecule has 0 bridgehead atoms. The molecule has 7 heteroatoms. The second-order valence-corrected chi connectivity index (χ2v) is 13.6. The monoisotopic (exact) mass is 620 g/mol. The summed E-state index contributed by atoms with van der Waals surface area (Å²) in [6, 6.07) is 17.8. The van der Waals surface area contributed by atoms with Gasteiger partial charge in [0.2, 0.25) is 0 Å². The van der Waals surface area contributed by atoms with Gasteiger partial charge in [-0.25, -0.2) is 9.97 Å². The zero-order valence-corrected chi connectivity index (χ0v) is 28.5. The Morgan fingerprint density at radius 2 is 1.02 bits per heavy atom. The summed E-state index contributed by atoms with van der Waals surface area (Å²) >= 11 is 0. The maximum Gasteiger partial charge on any atom is 0.197 e. The van der Waals surface area contributed by atoms with E-state index in [1.165, 1.54) is 22.3 Å². The van der Waals surface area contributed by atoms with Crippen LogP contribution in [0.1, 0.15) is 122 Å². The molecule has 1 aliphatic carbocycles. The van der Waals surface area contributed by atoms with Crippen LogP contribution in [0.3, 0.4) is 0 Å². The van der Waals surface area contributed by atoms with Gasteiger partial charge in [-0.05, 0) is 58.1 Å². The molecule has 236 valence electrons. The number of hydrogen-bond acceptors (Lipinski definition) is 6. The third kappa shape index (κ3) is 5.42. The maximum atomic E-state index is 13.6. The summed E-state index contributed by atoms with van der Waals surface area (Å²) in [7, 11) is 6.00. The largest absolute Gasteiger partial charge is 0.288 e. The zero-order valence-electron chi connectivity index (χ0n) is 28.5. The van der Waals surface area contributed by atoms with Crippen LogP contribution in [0.5, 0.6) is 0 Å². The molecule has 0 amide bonds. The van der Waals surface area contributed by atoms with Crippen molar-refractivity contribution in [3.05, 3.63) is 124 Å². The number of fused-ring (bicyclic) bond motifs is 2. The summed E-state index contributed by atoms with van der Waals surface area (Å²) < 4.78 is 0. The van der Waals surface area contributed by atoms with E-state index in [9.17, 15) is 9.59 Å². The first-order valence-electron chi connectivity index (χ1n) is 16.5. The average molecular weight is 621 g/mol. The van der Waals surface area contributed by atoms with Crippen molar-refractivity contribution >= 4 is 47.9 Å². The first-order chi connectivity index (χ1) is 22.4. The molecular formula is C40H41BN4O2. The molecular weight excluding hydrogens is 579 g/mol. The Balaban J connectivity index is 1.70. The molecule has 0 unspecified atom stereocenters. The Bertz CT molecular complexity index is 1830. The molecule has 2 radical (unpaired) electrons. The molecule has 0 fully saturated rings. The SMILES string of the molecule is [B]c1ccc2c(c1)C(=O)/C(=C/C=C1N(c3c(C(C)C)cccc3C(C)C)c3nccnc3N1c1c(C(C)C)cccc1C(C)C)C2=O. The number of Topliss-reactive ketones (excluding diaryl/α,β-unsaturated/α-hetero) is 2. The molecule has 0 atom stereocenters. The molecule has 0 saturated carbocycles. The van der Waals surface area contributed by atoms with E-state index in [0.717, 1.165) is 17.2 Å². The molecule has 6 rings (SSSR count). The van der Waals surface area contributed by atoms with Crippen molar-refractivity contribution in [2.75, 3.05) is 9.80 Å². The first kappa shape index (κ1) is 32.2. The number of carbonyl (C=O) groups is 2. The van der Waals surface area contributed by atoms with E-state index in [1.807, 2.05) is 6.08 Å². The van der Waals surface area contributed by atoms with Crippen LogP contribution in [-0.4, -0.2) is 29.4 Å². The standard InChI is InChI=1S/C40H41BN4O2/c1-22(2)27-11-9-12-28(23(3)4)35(27)44-34(18-17-32-37(46)31-16-15-26(41)21-33(31)38(32)47)45(40-39(44)42-19-20-43-40)36-29(24(5)6)13-10-14-30(36)25(7)8/h9-25H,1-8H3/b32-17+. The van der Waals surface area contributed by atoms with Crippen molar-refractivity contribution in [2.45, 2.75) is 79.1 Å². The van der Waals surface area contributed by atoms with Crippen LogP contribution in [0, 0.1) is 0 Å². The second-order valence-electron chi connectivity index (χ2n) is 13.6. The summed E-state index contributed by atoms with van der Waals surface area (Å²) in [6.07, 6.45) is 7.01. The molecule has 0 saturated heterocycles. The van der Waals surface area contributed by atoms with Crippen LogP contribution >= 0.6 is 0 Å². The van der Waals surface area contributed by atoms with Gasteiger partial charge in [-0.1, -0.05) is 115 Å². The smallest absolute Gasteiger partial charge is 0.197 e. The lowest BCUT2D eigenvalue weighted by atomic mass is 9.91. The molecule has 2 heterocycles. The normalized spacial score (nSPS) is 15.2. The van der Waals surface area contributed by atoms with Crippen LogP contribution < -0.4 is 15.3 Å². The summed E-state index contributed by atoms with van der Waals surface area (Å²) in [5.74, 6) is 2.36. The van der Waals surface area contributed by atoms with Crippen LogP contribution in [-0.2, 0) is 0 Å². The Morgan fingerprint density at radius 3 is 1.45 bits per heavy atom. The fourth-order valence-corrected chi connectivity index (χ4v) is 6.74. The minimum Gasteiger partial charge on any atom is -0.288 e. The van der Waals surface area contributed by atoms with Crippen LogP contribution in [0.25, 0.3) is 0 Å². The highest BCUT2D eigenvalue weighted by molar-refractivity contribution is 6.41. The molecule has 2 aliphatic rings. The number of hydrogen-bond donors (Lipinski definition) is 0. The summed E-state index contributed by atoms with van der Waals surface area (Å²) in [5.41, 5.74) is 8.04. The lowest BCUT2D eigenvalue weighted by Gasteiger charge is -2.32. The van der Waals surface area contributed by atoms with E-state index in [0.29, 0.717) is 28.2 Å². The van der Waals surface area contributed by atoms with E-state index >= 15 is 0 Å². The predicted octanol–water partition coefficient (Wildman–Crippen LogP) is 8.90. The fourth-order valence-electron chi connectivity index (χ4n) is 6.74. The highest BCUT2D eigenvalue weighted by Crippen LogP contribution is 2.53. The van der Waals surface area contributed by atoms with Crippen LogP contribution in [0.15, 0.2) is 90.5 Å². The molecule has 47 heavy (non-hydrogen) atoms. The Labute approximate surface area is 279 Å². The van der Waals surface area contributed by atoms with Gasteiger partial charge in [-0.15, -0.1) is 0 Å². The number of rotatable bonds is 7. The van der Waals surface area contributed by atoms with Crippen molar-refractivity contribution in [2.24, 2.45) is 0 Å². The number of benzene rings is 3.